The molecule has 1 fully saturated rings. The maximum Gasteiger partial charge on any atom is 0.173 e. The van der Waals surface area contributed by atoms with Crippen LogP contribution >= 0.6 is 15.9 Å². The molecule has 4 rings (SSSR count). The summed E-state index contributed by atoms with van der Waals surface area (Å²) in [4.78, 5) is 8.84. The third-order valence-electron chi connectivity index (χ3n) is 4.67. The van der Waals surface area contributed by atoms with Gasteiger partial charge in [-0.3, -0.25) is 4.98 Å². The van der Waals surface area contributed by atoms with Crippen molar-refractivity contribution in [2.75, 3.05) is 10.6 Å². The highest BCUT2D eigenvalue weighted by molar-refractivity contribution is 9.10. The average molecular weight is 417 g/mol. The van der Waals surface area contributed by atoms with Crippen LogP contribution < -0.4 is 10.6 Å². The Labute approximate surface area is 160 Å². The fourth-order valence-electron chi connectivity index (χ4n) is 3.26. The molecule has 0 unspecified atom stereocenters. The number of aromatic nitrogens is 4. The highest BCUT2D eigenvalue weighted by atomic mass is 79.9. The third-order valence-corrected chi connectivity index (χ3v) is 5.23. The maximum absolute atomic E-state index is 9.69. The molecule has 3 aromatic heterocycles. The first-order valence-corrected chi connectivity index (χ1v) is 9.60. The fraction of sp³-hybridized carbons (Fsp3) is 0.389. The van der Waals surface area contributed by atoms with Gasteiger partial charge in [-0.2, -0.15) is 9.61 Å². The summed E-state index contributed by atoms with van der Waals surface area (Å²) in [6, 6.07) is 6.27. The predicted molar refractivity (Wildman–Crippen MR) is 104 cm³/mol. The molecule has 3 aromatic rings. The Balaban J connectivity index is 1.57. The molecular weight excluding hydrogens is 396 g/mol. The number of aliphatic hydroxyl groups excluding tert-OH is 1. The van der Waals surface area contributed by atoms with Crippen LogP contribution in [-0.4, -0.2) is 36.8 Å². The second-order valence-corrected chi connectivity index (χ2v) is 7.47. The van der Waals surface area contributed by atoms with E-state index in [1.807, 2.05) is 24.4 Å². The lowest BCUT2D eigenvalue weighted by atomic mass is 9.93. The number of rotatable bonds is 5. The molecule has 1 aliphatic carbocycles. The number of pyridine rings is 1. The normalized spacial score (nSPS) is 20.2. The number of hydrogen-bond donors (Lipinski definition) is 3. The summed E-state index contributed by atoms with van der Waals surface area (Å²) in [5.41, 5.74) is 1.86. The van der Waals surface area contributed by atoms with Gasteiger partial charge in [-0.15, -0.1) is 0 Å². The van der Waals surface area contributed by atoms with Gasteiger partial charge in [-0.25, -0.2) is 4.98 Å². The molecule has 0 radical (unpaired) electrons. The summed E-state index contributed by atoms with van der Waals surface area (Å²) in [5, 5.41) is 21.0. The maximum atomic E-state index is 9.69. The molecule has 3 heterocycles. The Morgan fingerprint density at radius 3 is 2.85 bits per heavy atom. The van der Waals surface area contributed by atoms with Gasteiger partial charge in [-0.05, 0) is 53.2 Å². The topological polar surface area (TPSA) is 87.4 Å². The van der Waals surface area contributed by atoms with Crippen LogP contribution in [0.25, 0.3) is 5.65 Å². The molecule has 0 bridgehead atoms. The lowest BCUT2D eigenvalue weighted by molar-refractivity contribution is 0.126. The van der Waals surface area contributed by atoms with E-state index in [9.17, 15) is 5.11 Å². The van der Waals surface area contributed by atoms with Crippen molar-refractivity contribution >= 4 is 33.2 Å². The average Bonchev–Trinajstić information content (AvgIpc) is 3.04. The monoisotopic (exact) mass is 416 g/mol. The standard InChI is InChI=1S/C18H21BrN6O/c19-15-11-22-25-17(21-10-12-2-1-7-20-9-12)8-16(24-18(15)25)23-13-3-5-14(26)6-4-13/h1-2,7-9,11,13-14,21,26H,3-6,10H2,(H,23,24)/t13-,14-. The van der Waals surface area contributed by atoms with Gasteiger partial charge in [0.25, 0.3) is 0 Å². The minimum atomic E-state index is -0.163. The first kappa shape index (κ1) is 17.2. The van der Waals surface area contributed by atoms with E-state index in [2.05, 4.69) is 36.6 Å². The molecule has 0 aliphatic heterocycles. The van der Waals surface area contributed by atoms with E-state index >= 15 is 0 Å². The molecule has 1 aliphatic rings. The smallest absolute Gasteiger partial charge is 0.173 e. The first-order valence-electron chi connectivity index (χ1n) is 8.81. The summed E-state index contributed by atoms with van der Waals surface area (Å²) in [5.74, 6) is 1.68. The molecule has 8 heteroatoms. The number of anilines is 2. The van der Waals surface area contributed by atoms with Gasteiger partial charge < -0.3 is 15.7 Å². The Morgan fingerprint density at radius 1 is 1.23 bits per heavy atom. The number of fused-ring (bicyclic) bond motifs is 1. The molecule has 0 saturated heterocycles. The zero-order chi connectivity index (χ0) is 17.9. The van der Waals surface area contributed by atoms with E-state index in [1.54, 1.807) is 16.9 Å². The number of nitrogens with one attached hydrogen (secondary N) is 2. The molecule has 0 aromatic carbocycles. The fourth-order valence-corrected chi connectivity index (χ4v) is 3.61. The summed E-state index contributed by atoms with van der Waals surface area (Å²) < 4.78 is 2.64. The Hall–Kier alpha value is -2.19. The van der Waals surface area contributed by atoms with Crippen LogP contribution in [0.5, 0.6) is 0 Å². The van der Waals surface area contributed by atoms with Gasteiger partial charge in [0.1, 0.15) is 11.6 Å². The third kappa shape index (κ3) is 3.81. The second kappa shape index (κ2) is 7.59. The van der Waals surface area contributed by atoms with Gasteiger partial charge in [-0.1, -0.05) is 6.07 Å². The summed E-state index contributed by atoms with van der Waals surface area (Å²) >= 11 is 3.52. The molecule has 136 valence electrons. The van der Waals surface area contributed by atoms with Crippen molar-refractivity contribution in [1.29, 1.82) is 0 Å². The van der Waals surface area contributed by atoms with Gasteiger partial charge in [0.05, 0.1) is 16.8 Å². The van der Waals surface area contributed by atoms with E-state index < -0.39 is 0 Å². The Bertz CT molecular complexity index is 876. The summed E-state index contributed by atoms with van der Waals surface area (Å²) in [6.07, 6.45) is 8.77. The van der Waals surface area contributed by atoms with Crippen molar-refractivity contribution in [3.63, 3.8) is 0 Å². The van der Waals surface area contributed by atoms with Crippen LogP contribution in [0, 0.1) is 0 Å². The molecule has 0 spiro atoms. The van der Waals surface area contributed by atoms with Crippen LogP contribution in [0.2, 0.25) is 0 Å². The molecule has 7 nitrogen and oxygen atoms in total. The lowest BCUT2D eigenvalue weighted by Crippen LogP contribution is -2.28. The minimum Gasteiger partial charge on any atom is -0.393 e. The highest BCUT2D eigenvalue weighted by Crippen LogP contribution is 2.26. The van der Waals surface area contributed by atoms with E-state index in [0.717, 1.165) is 53.0 Å². The van der Waals surface area contributed by atoms with Gasteiger partial charge >= 0.3 is 0 Å². The molecule has 0 amide bonds. The minimum absolute atomic E-state index is 0.163. The molecule has 0 atom stereocenters. The number of aliphatic hydroxyl groups is 1. The molecular formula is C18H21BrN6O. The van der Waals surface area contributed by atoms with E-state index in [4.69, 9.17) is 4.98 Å². The number of nitrogens with zero attached hydrogens (tertiary/aromatic N) is 4. The van der Waals surface area contributed by atoms with Crippen LogP contribution in [0.1, 0.15) is 31.2 Å². The Kier molecular flexibility index (Phi) is 5.03. The zero-order valence-corrected chi connectivity index (χ0v) is 15.9. The highest BCUT2D eigenvalue weighted by Gasteiger charge is 2.20. The number of hydrogen-bond acceptors (Lipinski definition) is 6. The van der Waals surface area contributed by atoms with Crippen molar-refractivity contribution in [3.8, 4) is 0 Å². The zero-order valence-electron chi connectivity index (χ0n) is 14.3. The first-order chi connectivity index (χ1) is 12.7. The Morgan fingerprint density at radius 2 is 2.08 bits per heavy atom. The number of halogens is 1. The molecule has 3 N–H and O–H groups in total. The van der Waals surface area contributed by atoms with Crippen molar-refractivity contribution in [1.82, 2.24) is 19.6 Å². The largest absolute Gasteiger partial charge is 0.393 e. The van der Waals surface area contributed by atoms with E-state index in [-0.39, 0.29) is 6.10 Å². The van der Waals surface area contributed by atoms with Gasteiger partial charge in [0.15, 0.2) is 5.65 Å². The van der Waals surface area contributed by atoms with Crippen LogP contribution in [0.3, 0.4) is 0 Å². The van der Waals surface area contributed by atoms with Crippen molar-refractivity contribution in [2.24, 2.45) is 0 Å². The van der Waals surface area contributed by atoms with E-state index in [0.29, 0.717) is 12.6 Å². The van der Waals surface area contributed by atoms with Crippen LogP contribution in [0.4, 0.5) is 11.6 Å². The van der Waals surface area contributed by atoms with Crippen LogP contribution in [-0.2, 0) is 6.54 Å². The quantitative estimate of drug-likeness (QED) is 0.591. The van der Waals surface area contributed by atoms with Crippen molar-refractivity contribution in [2.45, 2.75) is 44.4 Å². The molecule has 1 saturated carbocycles. The summed E-state index contributed by atoms with van der Waals surface area (Å²) in [7, 11) is 0. The van der Waals surface area contributed by atoms with E-state index in [1.165, 1.54) is 0 Å². The van der Waals surface area contributed by atoms with Gasteiger partial charge in [0.2, 0.25) is 0 Å². The lowest BCUT2D eigenvalue weighted by Gasteiger charge is -2.26. The summed E-state index contributed by atoms with van der Waals surface area (Å²) in [6.45, 7) is 0.652. The SMILES string of the molecule is O[C@H]1CC[C@H](Nc2cc(NCc3cccnc3)n3ncc(Br)c3n2)CC1. The van der Waals surface area contributed by atoms with Crippen molar-refractivity contribution in [3.05, 3.63) is 46.8 Å². The molecule has 26 heavy (non-hydrogen) atoms. The van der Waals surface area contributed by atoms with Crippen molar-refractivity contribution < 1.29 is 5.11 Å². The second-order valence-electron chi connectivity index (χ2n) is 6.62. The van der Waals surface area contributed by atoms with Crippen LogP contribution in [0.15, 0.2) is 41.3 Å². The predicted octanol–water partition coefficient (Wildman–Crippen LogP) is 3.21. The van der Waals surface area contributed by atoms with Gasteiger partial charge in [0, 0.05) is 31.0 Å².